The number of fused-ring (bicyclic) bond motifs is 1. The van der Waals surface area contributed by atoms with Gasteiger partial charge in [-0.1, -0.05) is 36.4 Å². The van der Waals surface area contributed by atoms with Gasteiger partial charge in [0.2, 0.25) is 5.55 Å². The molecule has 0 atom stereocenters. The van der Waals surface area contributed by atoms with Gasteiger partial charge in [0.25, 0.3) is 0 Å². The van der Waals surface area contributed by atoms with Crippen LogP contribution in [-0.2, 0) is 4.74 Å². The SMILES string of the molecule is COC(=O)c1cc2ccc(N(c3ccccc3)c3ccccc3)cc2oc1=N. The largest absolute Gasteiger partial charge is 0.465 e. The van der Waals surface area contributed by atoms with Crippen LogP contribution in [0, 0.1) is 5.41 Å². The van der Waals surface area contributed by atoms with Crippen LogP contribution in [0.3, 0.4) is 0 Å². The van der Waals surface area contributed by atoms with Crippen molar-refractivity contribution in [2.45, 2.75) is 0 Å². The van der Waals surface area contributed by atoms with Crippen molar-refractivity contribution in [2.24, 2.45) is 0 Å². The summed E-state index contributed by atoms with van der Waals surface area (Å²) in [6.07, 6.45) is 0. The van der Waals surface area contributed by atoms with Crippen LogP contribution < -0.4 is 10.5 Å². The number of methoxy groups -OCH3 is 1. The summed E-state index contributed by atoms with van der Waals surface area (Å²) in [5.74, 6) is -0.588. The molecular formula is C23H18N2O3. The van der Waals surface area contributed by atoms with Gasteiger partial charge in [0.05, 0.1) is 7.11 Å². The summed E-state index contributed by atoms with van der Waals surface area (Å²) in [7, 11) is 1.28. The molecule has 5 heteroatoms. The van der Waals surface area contributed by atoms with Crippen molar-refractivity contribution in [3.05, 3.63) is 96.0 Å². The molecule has 0 unspecified atom stereocenters. The highest BCUT2D eigenvalue weighted by atomic mass is 16.5. The molecule has 0 saturated heterocycles. The molecule has 4 rings (SSSR count). The Kier molecular flexibility index (Phi) is 4.64. The number of hydrogen-bond donors (Lipinski definition) is 1. The van der Waals surface area contributed by atoms with Crippen LogP contribution in [0.1, 0.15) is 10.4 Å². The Morgan fingerprint density at radius 2 is 1.46 bits per heavy atom. The molecule has 138 valence electrons. The molecule has 0 spiro atoms. The minimum absolute atomic E-state index is 0.103. The second kappa shape index (κ2) is 7.40. The fourth-order valence-corrected chi connectivity index (χ4v) is 3.12. The van der Waals surface area contributed by atoms with Crippen LogP contribution in [0.4, 0.5) is 17.1 Å². The quantitative estimate of drug-likeness (QED) is 0.503. The van der Waals surface area contributed by atoms with Crippen molar-refractivity contribution in [2.75, 3.05) is 12.0 Å². The lowest BCUT2D eigenvalue weighted by molar-refractivity contribution is 0.0595. The lowest BCUT2D eigenvalue weighted by atomic mass is 10.1. The second-order valence-corrected chi connectivity index (χ2v) is 6.21. The molecule has 1 heterocycles. The first-order valence-electron chi connectivity index (χ1n) is 8.78. The number of carbonyl (C=O) groups excluding carboxylic acids is 1. The van der Waals surface area contributed by atoms with E-state index in [9.17, 15) is 4.79 Å². The lowest BCUT2D eigenvalue weighted by Gasteiger charge is -2.25. The van der Waals surface area contributed by atoms with Gasteiger partial charge in [-0.3, -0.25) is 5.41 Å². The number of hydrogen-bond acceptors (Lipinski definition) is 5. The monoisotopic (exact) mass is 370 g/mol. The maximum atomic E-state index is 11.8. The first kappa shape index (κ1) is 17.5. The first-order chi connectivity index (χ1) is 13.7. The number of benzene rings is 3. The Morgan fingerprint density at radius 1 is 0.857 bits per heavy atom. The molecule has 0 bridgehead atoms. The fraction of sp³-hybridized carbons (Fsp3) is 0.0435. The van der Waals surface area contributed by atoms with E-state index in [4.69, 9.17) is 14.6 Å². The molecule has 5 nitrogen and oxygen atoms in total. The van der Waals surface area contributed by atoms with E-state index in [2.05, 4.69) is 4.90 Å². The molecular weight excluding hydrogens is 352 g/mol. The summed E-state index contributed by atoms with van der Waals surface area (Å²) in [6, 6.07) is 27.4. The number of nitrogens with one attached hydrogen (secondary N) is 1. The molecule has 0 amide bonds. The van der Waals surface area contributed by atoms with Crippen molar-refractivity contribution in [3.63, 3.8) is 0 Å². The summed E-state index contributed by atoms with van der Waals surface area (Å²) >= 11 is 0. The van der Waals surface area contributed by atoms with Crippen LogP contribution >= 0.6 is 0 Å². The van der Waals surface area contributed by atoms with Crippen molar-refractivity contribution in [1.29, 1.82) is 5.41 Å². The van der Waals surface area contributed by atoms with E-state index in [1.54, 1.807) is 6.07 Å². The summed E-state index contributed by atoms with van der Waals surface area (Å²) < 4.78 is 10.3. The highest BCUT2D eigenvalue weighted by Gasteiger charge is 2.15. The average molecular weight is 370 g/mol. The van der Waals surface area contributed by atoms with Gasteiger partial charge in [-0.15, -0.1) is 0 Å². The molecule has 4 aromatic rings. The zero-order valence-corrected chi connectivity index (χ0v) is 15.3. The van der Waals surface area contributed by atoms with Crippen LogP contribution in [0.15, 0.2) is 89.3 Å². The van der Waals surface area contributed by atoms with E-state index in [0.29, 0.717) is 5.58 Å². The molecule has 1 N–H and O–H groups in total. The molecule has 28 heavy (non-hydrogen) atoms. The molecule has 3 aromatic carbocycles. The molecule has 0 aliphatic carbocycles. The molecule has 0 aliphatic heterocycles. The topological polar surface area (TPSA) is 66.5 Å². The maximum absolute atomic E-state index is 11.8. The number of rotatable bonds is 4. The predicted octanol–water partition coefficient (Wildman–Crippen LogP) is 5.17. The maximum Gasteiger partial charge on any atom is 0.343 e. The van der Waals surface area contributed by atoms with Gasteiger partial charge < -0.3 is 14.1 Å². The Bertz CT molecular complexity index is 1150. The van der Waals surface area contributed by atoms with Gasteiger partial charge in [0, 0.05) is 28.5 Å². The number of ether oxygens (including phenoxy) is 1. The van der Waals surface area contributed by atoms with Crippen molar-refractivity contribution < 1.29 is 13.9 Å². The minimum Gasteiger partial charge on any atom is -0.465 e. The van der Waals surface area contributed by atoms with E-state index in [1.807, 2.05) is 78.9 Å². The van der Waals surface area contributed by atoms with E-state index >= 15 is 0 Å². The number of para-hydroxylation sites is 2. The third kappa shape index (κ3) is 3.25. The molecule has 0 saturated carbocycles. The number of esters is 1. The fourth-order valence-electron chi connectivity index (χ4n) is 3.12. The summed E-state index contributed by atoms with van der Waals surface area (Å²) in [4.78, 5) is 13.9. The molecule has 0 fully saturated rings. The van der Waals surface area contributed by atoms with Crippen LogP contribution in [-0.4, -0.2) is 13.1 Å². The van der Waals surface area contributed by atoms with Crippen LogP contribution in [0.2, 0.25) is 0 Å². The van der Waals surface area contributed by atoms with Crippen molar-refractivity contribution in [1.82, 2.24) is 0 Å². The zero-order chi connectivity index (χ0) is 19.5. The number of anilines is 3. The third-order valence-corrected chi connectivity index (χ3v) is 4.45. The van der Waals surface area contributed by atoms with Gasteiger partial charge in [0.15, 0.2) is 0 Å². The highest BCUT2D eigenvalue weighted by Crippen LogP contribution is 2.35. The Morgan fingerprint density at radius 3 is 2.04 bits per heavy atom. The van der Waals surface area contributed by atoms with Crippen LogP contribution in [0.25, 0.3) is 11.0 Å². The van der Waals surface area contributed by atoms with E-state index in [0.717, 1.165) is 22.4 Å². The Hall–Kier alpha value is -3.86. The molecule has 0 aliphatic rings. The Labute approximate surface area is 161 Å². The average Bonchev–Trinajstić information content (AvgIpc) is 2.74. The third-order valence-electron chi connectivity index (χ3n) is 4.45. The zero-order valence-electron chi connectivity index (χ0n) is 15.3. The summed E-state index contributed by atoms with van der Waals surface area (Å²) in [5.41, 5.74) is 3.30. The lowest BCUT2D eigenvalue weighted by Crippen LogP contribution is -2.15. The van der Waals surface area contributed by atoms with Gasteiger partial charge in [0.1, 0.15) is 11.1 Å². The first-order valence-corrected chi connectivity index (χ1v) is 8.78. The van der Waals surface area contributed by atoms with Gasteiger partial charge in [-0.25, -0.2) is 4.79 Å². The molecule has 0 radical (unpaired) electrons. The van der Waals surface area contributed by atoms with E-state index < -0.39 is 5.97 Å². The Balaban J connectivity index is 1.87. The minimum atomic E-state index is -0.588. The molecule has 1 aromatic heterocycles. The number of carbonyl (C=O) groups is 1. The van der Waals surface area contributed by atoms with E-state index in [1.165, 1.54) is 7.11 Å². The normalized spacial score (nSPS) is 10.6. The van der Waals surface area contributed by atoms with Gasteiger partial charge >= 0.3 is 5.97 Å². The van der Waals surface area contributed by atoms with Crippen LogP contribution in [0.5, 0.6) is 0 Å². The summed E-state index contributed by atoms with van der Waals surface area (Å²) in [5, 5.41) is 8.73. The summed E-state index contributed by atoms with van der Waals surface area (Å²) in [6.45, 7) is 0. The van der Waals surface area contributed by atoms with Crippen molar-refractivity contribution >= 4 is 34.0 Å². The van der Waals surface area contributed by atoms with Gasteiger partial charge in [-0.05, 0) is 42.5 Å². The van der Waals surface area contributed by atoms with Gasteiger partial charge in [-0.2, -0.15) is 0 Å². The standard InChI is InChI=1S/C23H18N2O3/c1-27-23(26)20-14-16-12-13-19(15-21(16)28-22(20)24)25(17-8-4-2-5-9-17)18-10-6-3-7-11-18/h2-15,24H,1H3. The second-order valence-electron chi connectivity index (χ2n) is 6.21. The number of nitrogens with zero attached hydrogens (tertiary/aromatic N) is 1. The highest BCUT2D eigenvalue weighted by molar-refractivity contribution is 5.93. The smallest absolute Gasteiger partial charge is 0.343 e. The van der Waals surface area contributed by atoms with Crippen molar-refractivity contribution in [3.8, 4) is 0 Å². The predicted molar refractivity (Wildman–Crippen MR) is 108 cm³/mol. The van der Waals surface area contributed by atoms with E-state index in [-0.39, 0.29) is 11.1 Å².